The molecular weight excluding hydrogens is 456 g/mol. The monoisotopic (exact) mass is 483 g/mol. The molecule has 0 aliphatic heterocycles. The SMILES string of the molecule is CC(C)(C)[C@H](NCCc1ccc(-n2c(N)c(C(=O)c3ccc(F)cc3F)ccc2=O)cc1)C(=O)O. The number of nitrogens with zero attached hydrogens (tertiary/aromatic N) is 1. The summed E-state index contributed by atoms with van der Waals surface area (Å²) in [5, 5.41) is 12.5. The van der Waals surface area contributed by atoms with Crippen molar-refractivity contribution in [1.29, 1.82) is 0 Å². The van der Waals surface area contributed by atoms with Gasteiger partial charge in [-0.2, -0.15) is 0 Å². The number of nitrogens with two attached hydrogens (primary N) is 1. The Morgan fingerprint density at radius 1 is 1.03 bits per heavy atom. The fourth-order valence-corrected chi connectivity index (χ4v) is 3.77. The van der Waals surface area contributed by atoms with Gasteiger partial charge in [-0.3, -0.25) is 19.0 Å². The molecule has 0 aliphatic carbocycles. The summed E-state index contributed by atoms with van der Waals surface area (Å²) in [5.41, 5.74) is 6.04. The van der Waals surface area contributed by atoms with E-state index in [-0.39, 0.29) is 16.9 Å². The van der Waals surface area contributed by atoms with Crippen molar-refractivity contribution >= 4 is 17.6 Å². The molecule has 0 aliphatic rings. The smallest absolute Gasteiger partial charge is 0.321 e. The molecule has 0 unspecified atom stereocenters. The van der Waals surface area contributed by atoms with E-state index in [1.165, 1.54) is 6.07 Å². The van der Waals surface area contributed by atoms with E-state index in [4.69, 9.17) is 5.73 Å². The van der Waals surface area contributed by atoms with Crippen LogP contribution in [0.15, 0.2) is 59.4 Å². The molecule has 0 saturated heterocycles. The summed E-state index contributed by atoms with van der Waals surface area (Å²) in [4.78, 5) is 36.9. The maximum absolute atomic E-state index is 14.1. The summed E-state index contributed by atoms with van der Waals surface area (Å²) >= 11 is 0. The predicted octanol–water partition coefficient (Wildman–Crippen LogP) is 3.56. The maximum Gasteiger partial charge on any atom is 0.321 e. The van der Waals surface area contributed by atoms with Crippen LogP contribution in [0.3, 0.4) is 0 Å². The quantitative estimate of drug-likeness (QED) is 0.422. The molecule has 0 saturated carbocycles. The van der Waals surface area contributed by atoms with Crippen molar-refractivity contribution in [2.45, 2.75) is 33.2 Å². The van der Waals surface area contributed by atoms with Crippen LogP contribution < -0.4 is 16.6 Å². The first-order valence-electron chi connectivity index (χ1n) is 11.0. The Labute approximate surface area is 201 Å². The highest BCUT2D eigenvalue weighted by Gasteiger charge is 2.30. The predicted molar refractivity (Wildman–Crippen MR) is 129 cm³/mol. The number of carbonyl (C=O) groups excluding carboxylic acids is 1. The summed E-state index contributed by atoms with van der Waals surface area (Å²) in [6.45, 7) is 5.97. The molecule has 2 aromatic carbocycles. The summed E-state index contributed by atoms with van der Waals surface area (Å²) in [6, 6.07) is 11.1. The van der Waals surface area contributed by atoms with E-state index in [1.807, 2.05) is 20.8 Å². The number of nitrogen functional groups attached to an aromatic ring is 1. The van der Waals surface area contributed by atoms with E-state index >= 15 is 0 Å². The van der Waals surface area contributed by atoms with Crippen LogP contribution in [0, 0.1) is 17.0 Å². The first kappa shape index (κ1) is 25.8. The van der Waals surface area contributed by atoms with Crippen LogP contribution in [0.25, 0.3) is 5.69 Å². The molecular formula is C26H27F2N3O4. The number of benzene rings is 2. The number of hydrogen-bond acceptors (Lipinski definition) is 5. The number of halogens is 2. The molecule has 0 bridgehead atoms. The Morgan fingerprint density at radius 2 is 1.66 bits per heavy atom. The average Bonchev–Trinajstić information content (AvgIpc) is 2.76. The van der Waals surface area contributed by atoms with Gasteiger partial charge in [-0.05, 0) is 54.3 Å². The van der Waals surface area contributed by atoms with Crippen molar-refractivity contribution in [3.63, 3.8) is 0 Å². The van der Waals surface area contributed by atoms with Gasteiger partial charge in [0.1, 0.15) is 23.5 Å². The largest absolute Gasteiger partial charge is 0.480 e. The molecule has 184 valence electrons. The van der Waals surface area contributed by atoms with Crippen molar-refractivity contribution in [2.24, 2.45) is 5.41 Å². The Kier molecular flexibility index (Phi) is 7.50. The molecule has 0 amide bonds. The van der Waals surface area contributed by atoms with Gasteiger partial charge >= 0.3 is 5.97 Å². The molecule has 35 heavy (non-hydrogen) atoms. The molecule has 0 radical (unpaired) electrons. The van der Waals surface area contributed by atoms with Crippen LogP contribution in [0.5, 0.6) is 0 Å². The number of aromatic nitrogens is 1. The van der Waals surface area contributed by atoms with Crippen LogP contribution in [-0.2, 0) is 11.2 Å². The zero-order valence-corrected chi connectivity index (χ0v) is 19.6. The number of pyridine rings is 1. The molecule has 3 rings (SSSR count). The molecule has 4 N–H and O–H groups in total. The van der Waals surface area contributed by atoms with Crippen LogP contribution in [0.2, 0.25) is 0 Å². The van der Waals surface area contributed by atoms with E-state index in [2.05, 4.69) is 5.32 Å². The number of carbonyl (C=O) groups is 2. The number of carboxylic acids is 1. The van der Waals surface area contributed by atoms with Crippen molar-refractivity contribution in [3.8, 4) is 5.69 Å². The first-order valence-corrected chi connectivity index (χ1v) is 11.0. The first-order chi connectivity index (χ1) is 16.4. The van der Waals surface area contributed by atoms with Gasteiger partial charge in [0.2, 0.25) is 0 Å². The normalized spacial score (nSPS) is 12.4. The zero-order valence-electron chi connectivity index (χ0n) is 19.6. The van der Waals surface area contributed by atoms with Crippen molar-refractivity contribution in [2.75, 3.05) is 12.3 Å². The van der Waals surface area contributed by atoms with Crippen LogP contribution in [0.4, 0.5) is 14.6 Å². The van der Waals surface area contributed by atoms with Gasteiger partial charge in [-0.1, -0.05) is 32.9 Å². The summed E-state index contributed by atoms with van der Waals surface area (Å²) in [5.74, 6) is -3.71. The highest BCUT2D eigenvalue weighted by molar-refractivity contribution is 6.11. The van der Waals surface area contributed by atoms with Gasteiger partial charge in [0.05, 0.1) is 16.8 Å². The molecule has 0 fully saturated rings. The molecule has 3 aromatic rings. The third kappa shape index (κ3) is 5.81. The Hall–Kier alpha value is -3.85. The van der Waals surface area contributed by atoms with E-state index in [1.54, 1.807) is 24.3 Å². The summed E-state index contributed by atoms with van der Waals surface area (Å²) < 4.78 is 28.5. The lowest BCUT2D eigenvalue weighted by Crippen LogP contribution is -2.47. The van der Waals surface area contributed by atoms with Gasteiger partial charge < -0.3 is 16.2 Å². The van der Waals surface area contributed by atoms with Gasteiger partial charge in [0, 0.05) is 12.1 Å². The van der Waals surface area contributed by atoms with Gasteiger partial charge in [0.15, 0.2) is 5.78 Å². The van der Waals surface area contributed by atoms with E-state index in [9.17, 15) is 28.3 Å². The highest BCUT2D eigenvalue weighted by atomic mass is 19.1. The van der Waals surface area contributed by atoms with Crippen molar-refractivity contribution < 1.29 is 23.5 Å². The molecule has 0 spiro atoms. The molecule has 1 heterocycles. The standard InChI is InChI=1S/C26H27F2N3O4/c1-26(2,3)23(25(34)35)30-13-12-15-4-7-17(8-5-15)31-21(32)11-10-19(24(31)29)22(33)18-9-6-16(27)14-20(18)28/h4-11,14,23,30H,12-13,29H2,1-3H3,(H,34,35)/t23-/m1/s1. The molecule has 9 heteroatoms. The fraction of sp³-hybridized carbons (Fsp3) is 0.269. The fourth-order valence-electron chi connectivity index (χ4n) is 3.77. The molecule has 1 atom stereocenters. The number of hydrogen-bond donors (Lipinski definition) is 3. The third-order valence-corrected chi connectivity index (χ3v) is 5.62. The second kappa shape index (κ2) is 10.2. The lowest BCUT2D eigenvalue weighted by Gasteiger charge is -2.28. The third-order valence-electron chi connectivity index (χ3n) is 5.62. The molecule has 1 aromatic heterocycles. The Morgan fingerprint density at radius 3 is 2.23 bits per heavy atom. The number of rotatable bonds is 8. The second-order valence-corrected chi connectivity index (χ2v) is 9.27. The number of carboxylic acid groups (broad SMARTS) is 1. The van der Waals surface area contributed by atoms with Crippen molar-refractivity contribution in [3.05, 3.63) is 93.3 Å². The van der Waals surface area contributed by atoms with E-state index < -0.39 is 40.4 Å². The number of aliphatic carboxylic acids is 1. The number of nitrogens with one attached hydrogen (secondary N) is 1. The zero-order chi connectivity index (χ0) is 25.9. The lowest BCUT2D eigenvalue weighted by molar-refractivity contribution is -0.142. The van der Waals surface area contributed by atoms with Crippen LogP contribution in [-0.4, -0.2) is 34.0 Å². The minimum absolute atomic E-state index is 0.0923. The topological polar surface area (TPSA) is 114 Å². The van der Waals surface area contributed by atoms with Crippen LogP contribution >= 0.6 is 0 Å². The Bertz CT molecular complexity index is 1310. The minimum atomic E-state index is -1.03. The minimum Gasteiger partial charge on any atom is -0.480 e. The van der Waals surface area contributed by atoms with Crippen LogP contribution in [0.1, 0.15) is 42.3 Å². The average molecular weight is 484 g/mol. The highest BCUT2D eigenvalue weighted by Crippen LogP contribution is 2.22. The second-order valence-electron chi connectivity index (χ2n) is 9.27. The number of ketones is 1. The van der Waals surface area contributed by atoms with Gasteiger partial charge in [-0.15, -0.1) is 0 Å². The van der Waals surface area contributed by atoms with E-state index in [0.717, 1.165) is 28.3 Å². The summed E-state index contributed by atoms with van der Waals surface area (Å²) in [7, 11) is 0. The van der Waals surface area contributed by atoms with Gasteiger partial charge in [-0.25, -0.2) is 8.78 Å². The lowest BCUT2D eigenvalue weighted by atomic mass is 9.86. The van der Waals surface area contributed by atoms with Crippen molar-refractivity contribution in [1.82, 2.24) is 9.88 Å². The number of anilines is 1. The maximum atomic E-state index is 14.1. The molecule has 7 nitrogen and oxygen atoms in total. The van der Waals surface area contributed by atoms with E-state index in [0.29, 0.717) is 24.7 Å². The van der Waals surface area contributed by atoms with Gasteiger partial charge in [0.25, 0.3) is 5.56 Å². The Balaban J connectivity index is 1.82. The summed E-state index contributed by atoms with van der Waals surface area (Å²) in [6.07, 6.45) is 0.549.